The number of nitrogens with zero attached hydrogens (tertiary/aromatic N) is 1. The van der Waals surface area contributed by atoms with Gasteiger partial charge in [-0.3, -0.25) is 14.3 Å². The number of non-ortho nitro benzene ring substituents is 1. The van der Waals surface area contributed by atoms with Crippen molar-refractivity contribution in [1.82, 2.24) is 0 Å². The van der Waals surface area contributed by atoms with Crippen LogP contribution in [-0.4, -0.2) is 20.9 Å². The third-order valence-electron chi connectivity index (χ3n) is 2.57. The fourth-order valence-electron chi connectivity index (χ4n) is 1.43. The Labute approximate surface area is 113 Å². The molecule has 2 N–H and O–H groups in total. The molecule has 2 unspecified atom stereocenters. The van der Waals surface area contributed by atoms with Crippen molar-refractivity contribution in [3.8, 4) is 0 Å². The number of nitro groups is 1. The van der Waals surface area contributed by atoms with Crippen LogP contribution in [0.1, 0.15) is 18.9 Å². The Morgan fingerprint density at radius 2 is 2.22 bits per heavy atom. The van der Waals surface area contributed by atoms with Crippen molar-refractivity contribution in [2.75, 3.05) is 6.54 Å². The molecule has 0 aliphatic heterocycles. The van der Waals surface area contributed by atoms with Crippen LogP contribution in [0.3, 0.4) is 0 Å². The number of hydrogen-bond donors (Lipinski definition) is 1. The van der Waals surface area contributed by atoms with Crippen molar-refractivity contribution in [2.45, 2.75) is 24.3 Å². The molecule has 1 aromatic rings. The molecular weight excluding hydrogens is 276 g/mol. The molecule has 5 nitrogen and oxygen atoms in total. The molecule has 7 heteroatoms. The third kappa shape index (κ3) is 4.04. The Morgan fingerprint density at radius 3 is 2.72 bits per heavy atom. The molecule has 0 bridgehead atoms. The van der Waals surface area contributed by atoms with Crippen LogP contribution < -0.4 is 5.73 Å². The first kappa shape index (κ1) is 15.1. The van der Waals surface area contributed by atoms with Crippen molar-refractivity contribution in [1.29, 1.82) is 0 Å². The minimum absolute atomic E-state index is 0.0127. The summed E-state index contributed by atoms with van der Waals surface area (Å²) in [6.45, 7) is 2.35. The van der Waals surface area contributed by atoms with Crippen LogP contribution in [0.15, 0.2) is 18.2 Å². The van der Waals surface area contributed by atoms with Crippen LogP contribution in [0.25, 0.3) is 0 Å². The van der Waals surface area contributed by atoms with Crippen molar-refractivity contribution in [3.05, 3.63) is 38.9 Å². The van der Waals surface area contributed by atoms with E-state index in [1.165, 1.54) is 12.1 Å². The summed E-state index contributed by atoms with van der Waals surface area (Å²) in [5.41, 5.74) is 6.00. The molecule has 0 aromatic heterocycles. The van der Waals surface area contributed by atoms with Gasteiger partial charge in [0.1, 0.15) is 0 Å². The maximum atomic E-state index is 11.9. The Morgan fingerprint density at radius 1 is 1.56 bits per heavy atom. The van der Waals surface area contributed by atoms with Gasteiger partial charge in [0, 0.05) is 28.2 Å². The maximum absolute atomic E-state index is 11.9. The molecule has 0 radical (unpaired) electrons. The average Bonchev–Trinajstić information content (AvgIpc) is 2.31. The fraction of sp³-hybridized carbons (Fsp3) is 0.455. The monoisotopic (exact) mass is 290 g/mol. The van der Waals surface area contributed by atoms with E-state index in [0.717, 1.165) is 0 Å². The normalized spacial score (nSPS) is 14.2. The number of benzene rings is 1. The summed E-state index contributed by atoms with van der Waals surface area (Å²) >= 11 is 5.94. The summed E-state index contributed by atoms with van der Waals surface area (Å²) in [4.78, 5) is 10.0. The lowest BCUT2D eigenvalue weighted by atomic mass is 10.2. The molecule has 0 saturated carbocycles. The molecule has 0 saturated heterocycles. The number of nitro benzene ring substituents is 1. The fourth-order valence-corrected chi connectivity index (χ4v) is 2.99. The van der Waals surface area contributed by atoms with Gasteiger partial charge in [0.05, 0.1) is 15.7 Å². The van der Waals surface area contributed by atoms with Crippen molar-refractivity contribution in [2.24, 2.45) is 5.73 Å². The van der Waals surface area contributed by atoms with Gasteiger partial charge < -0.3 is 5.73 Å². The topological polar surface area (TPSA) is 86.2 Å². The second kappa shape index (κ2) is 6.82. The molecule has 0 fully saturated rings. The zero-order valence-corrected chi connectivity index (χ0v) is 11.5. The highest BCUT2D eigenvalue weighted by molar-refractivity contribution is 7.84. The highest BCUT2D eigenvalue weighted by Crippen LogP contribution is 2.24. The van der Waals surface area contributed by atoms with Crippen molar-refractivity contribution in [3.63, 3.8) is 0 Å². The van der Waals surface area contributed by atoms with Gasteiger partial charge in [-0.05, 0) is 24.6 Å². The zero-order valence-electron chi connectivity index (χ0n) is 9.97. The molecule has 0 amide bonds. The summed E-state index contributed by atoms with van der Waals surface area (Å²) in [7, 11) is -1.08. The average molecular weight is 291 g/mol. The quantitative estimate of drug-likeness (QED) is 0.643. The molecule has 100 valence electrons. The summed E-state index contributed by atoms with van der Waals surface area (Å²) in [6, 6.07) is 4.20. The standard InChI is InChI=1S/C11H15ClN2O3S/c1-8(4-5-13)18(17)7-9-2-3-10(14(15)16)6-11(9)12/h2-3,6,8H,4-5,7,13H2,1H3. The number of halogens is 1. The molecule has 0 aliphatic rings. The van der Waals surface area contributed by atoms with Gasteiger partial charge in [-0.15, -0.1) is 0 Å². The first-order valence-electron chi connectivity index (χ1n) is 5.45. The van der Waals surface area contributed by atoms with Gasteiger partial charge in [-0.1, -0.05) is 18.5 Å². The van der Waals surface area contributed by atoms with E-state index in [1.54, 1.807) is 6.07 Å². The van der Waals surface area contributed by atoms with Gasteiger partial charge in [0.2, 0.25) is 0 Å². The predicted octanol–water partition coefficient (Wildman–Crippen LogP) is 2.23. The van der Waals surface area contributed by atoms with Crippen LogP contribution in [-0.2, 0) is 16.6 Å². The maximum Gasteiger partial charge on any atom is 0.270 e. The van der Waals surface area contributed by atoms with Crippen LogP contribution in [0, 0.1) is 10.1 Å². The first-order chi connectivity index (χ1) is 8.45. The molecule has 1 rings (SSSR count). The SMILES string of the molecule is CC(CCN)S(=O)Cc1ccc([N+](=O)[O-])cc1Cl. The lowest BCUT2D eigenvalue weighted by molar-refractivity contribution is -0.384. The smallest absolute Gasteiger partial charge is 0.270 e. The summed E-state index contributed by atoms with van der Waals surface area (Å²) in [6.07, 6.45) is 0.678. The minimum atomic E-state index is -1.08. The van der Waals surface area contributed by atoms with Crippen molar-refractivity contribution >= 4 is 28.1 Å². The summed E-state index contributed by atoms with van der Waals surface area (Å²) in [5, 5.41) is 10.8. The molecule has 0 aliphatic carbocycles. The van der Waals surface area contributed by atoms with E-state index in [1.807, 2.05) is 6.92 Å². The second-order valence-electron chi connectivity index (χ2n) is 3.95. The molecular formula is C11H15ClN2O3S. The van der Waals surface area contributed by atoms with E-state index in [4.69, 9.17) is 17.3 Å². The molecule has 18 heavy (non-hydrogen) atoms. The van der Waals surface area contributed by atoms with E-state index < -0.39 is 15.7 Å². The van der Waals surface area contributed by atoms with E-state index >= 15 is 0 Å². The second-order valence-corrected chi connectivity index (χ2v) is 6.21. The van der Waals surface area contributed by atoms with Gasteiger partial charge in [0.25, 0.3) is 5.69 Å². The van der Waals surface area contributed by atoms with Crippen LogP contribution in [0.5, 0.6) is 0 Å². The van der Waals surface area contributed by atoms with Crippen LogP contribution >= 0.6 is 11.6 Å². The first-order valence-corrected chi connectivity index (χ1v) is 7.21. The van der Waals surface area contributed by atoms with E-state index in [2.05, 4.69) is 0 Å². The van der Waals surface area contributed by atoms with Gasteiger partial charge in [-0.2, -0.15) is 0 Å². The molecule has 2 atom stereocenters. The Kier molecular flexibility index (Phi) is 5.71. The largest absolute Gasteiger partial charge is 0.330 e. The Balaban J connectivity index is 2.79. The zero-order chi connectivity index (χ0) is 13.7. The lowest BCUT2D eigenvalue weighted by Crippen LogP contribution is -2.17. The van der Waals surface area contributed by atoms with Gasteiger partial charge in [0.15, 0.2) is 0 Å². The lowest BCUT2D eigenvalue weighted by Gasteiger charge is -2.10. The number of nitrogens with two attached hydrogens (primary N) is 1. The van der Waals surface area contributed by atoms with Gasteiger partial charge >= 0.3 is 0 Å². The Hall–Kier alpha value is -0.980. The Bertz CT molecular complexity index is 468. The number of rotatable bonds is 6. The van der Waals surface area contributed by atoms with Gasteiger partial charge in [-0.25, -0.2) is 0 Å². The van der Waals surface area contributed by atoms with E-state index in [0.29, 0.717) is 18.5 Å². The van der Waals surface area contributed by atoms with E-state index in [-0.39, 0.29) is 21.7 Å². The summed E-state index contributed by atoms with van der Waals surface area (Å²) < 4.78 is 11.9. The molecule has 0 spiro atoms. The number of hydrogen-bond acceptors (Lipinski definition) is 4. The van der Waals surface area contributed by atoms with Crippen LogP contribution in [0.2, 0.25) is 5.02 Å². The highest BCUT2D eigenvalue weighted by atomic mass is 35.5. The van der Waals surface area contributed by atoms with Crippen molar-refractivity contribution < 1.29 is 9.13 Å². The minimum Gasteiger partial charge on any atom is -0.330 e. The predicted molar refractivity (Wildman–Crippen MR) is 73.1 cm³/mol. The molecule has 0 heterocycles. The summed E-state index contributed by atoms with van der Waals surface area (Å²) in [5.74, 6) is 0.290. The van der Waals surface area contributed by atoms with E-state index in [9.17, 15) is 14.3 Å². The third-order valence-corrected chi connectivity index (χ3v) is 4.65. The highest BCUT2D eigenvalue weighted by Gasteiger charge is 2.15. The molecule has 1 aromatic carbocycles. The van der Waals surface area contributed by atoms with Crippen LogP contribution in [0.4, 0.5) is 5.69 Å².